The first kappa shape index (κ1) is 24.6. The molecule has 184 valence electrons. The number of H-pyrrole nitrogens is 1. The Hall–Kier alpha value is -3.55. The largest absolute Gasteiger partial charge is 0.346 e. The summed E-state index contributed by atoms with van der Waals surface area (Å²) in [6.07, 6.45) is 7.66. The van der Waals surface area contributed by atoms with Gasteiger partial charge in [-0.1, -0.05) is 88.1 Å². The number of unbranched alkanes of at least 4 members (excludes halogenated alkanes) is 4. The smallest absolute Gasteiger partial charge is 0.274 e. The SMILES string of the molecule is CCCCCCCc1nn(C(C)CC)c(=O)n1Cc1ccc(-c2ccccc2-c2nnn[nH]2)cc1. The highest BCUT2D eigenvalue weighted by Gasteiger charge is 2.17. The number of hydrogen-bond acceptors (Lipinski definition) is 5. The van der Waals surface area contributed by atoms with Crippen molar-refractivity contribution in [2.75, 3.05) is 0 Å². The van der Waals surface area contributed by atoms with Crippen molar-refractivity contribution >= 4 is 0 Å². The Kier molecular flexibility index (Phi) is 8.23. The van der Waals surface area contributed by atoms with Crippen LogP contribution in [-0.2, 0) is 13.0 Å². The fourth-order valence-electron chi connectivity index (χ4n) is 4.33. The molecule has 0 aliphatic carbocycles. The summed E-state index contributed by atoms with van der Waals surface area (Å²) in [6, 6.07) is 16.5. The van der Waals surface area contributed by atoms with Gasteiger partial charge in [-0.3, -0.25) is 4.57 Å². The van der Waals surface area contributed by atoms with Gasteiger partial charge in [-0.25, -0.2) is 14.6 Å². The molecule has 2 aromatic carbocycles. The third-order valence-corrected chi connectivity index (χ3v) is 6.61. The lowest BCUT2D eigenvalue weighted by atomic mass is 9.98. The summed E-state index contributed by atoms with van der Waals surface area (Å²) >= 11 is 0. The molecule has 0 saturated carbocycles. The minimum atomic E-state index is -0.0184. The number of nitrogens with one attached hydrogen (secondary N) is 1. The molecule has 1 atom stereocenters. The molecule has 1 N–H and O–H groups in total. The van der Waals surface area contributed by atoms with Crippen LogP contribution in [0, 0.1) is 0 Å². The van der Waals surface area contributed by atoms with Crippen molar-refractivity contribution < 1.29 is 0 Å². The third-order valence-electron chi connectivity index (χ3n) is 6.61. The maximum Gasteiger partial charge on any atom is 0.346 e. The van der Waals surface area contributed by atoms with Gasteiger partial charge in [0.05, 0.1) is 12.6 Å². The van der Waals surface area contributed by atoms with E-state index < -0.39 is 0 Å². The van der Waals surface area contributed by atoms with Gasteiger partial charge < -0.3 is 0 Å². The second-order valence-corrected chi connectivity index (χ2v) is 9.14. The maximum atomic E-state index is 13.2. The van der Waals surface area contributed by atoms with Crippen molar-refractivity contribution in [2.24, 2.45) is 0 Å². The summed E-state index contributed by atoms with van der Waals surface area (Å²) in [5.41, 5.74) is 4.12. The van der Waals surface area contributed by atoms with Crippen LogP contribution < -0.4 is 5.69 Å². The van der Waals surface area contributed by atoms with Crippen molar-refractivity contribution in [1.29, 1.82) is 0 Å². The summed E-state index contributed by atoms with van der Waals surface area (Å²) < 4.78 is 3.52. The van der Waals surface area contributed by atoms with Gasteiger partial charge in [0.1, 0.15) is 5.82 Å². The van der Waals surface area contributed by atoms with Gasteiger partial charge >= 0.3 is 5.69 Å². The van der Waals surface area contributed by atoms with Crippen LogP contribution in [-0.4, -0.2) is 35.0 Å². The molecule has 2 heterocycles. The van der Waals surface area contributed by atoms with Gasteiger partial charge in [0.2, 0.25) is 0 Å². The van der Waals surface area contributed by atoms with Crippen molar-refractivity contribution in [1.82, 2.24) is 35.0 Å². The number of benzene rings is 2. The Labute approximate surface area is 206 Å². The van der Waals surface area contributed by atoms with Crippen LogP contribution in [0.3, 0.4) is 0 Å². The van der Waals surface area contributed by atoms with Gasteiger partial charge in [0.25, 0.3) is 0 Å². The van der Waals surface area contributed by atoms with E-state index in [0.29, 0.717) is 12.4 Å². The zero-order valence-electron chi connectivity index (χ0n) is 20.9. The molecule has 8 heteroatoms. The van der Waals surface area contributed by atoms with Crippen LogP contribution in [0.4, 0.5) is 0 Å². The van der Waals surface area contributed by atoms with Gasteiger partial charge in [-0.15, -0.1) is 5.10 Å². The van der Waals surface area contributed by atoms with Crippen LogP contribution in [0.5, 0.6) is 0 Å². The molecule has 0 saturated heterocycles. The first-order valence-electron chi connectivity index (χ1n) is 12.7. The van der Waals surface area contributed by atoms with E-state index in [1.54, 1.807) is 4.68 Å². The number of aromatic amines is 1. The van der Waals surface area contributed by atoms with Gasteiger partial charge in [-0.05, 0) is 46.9 Å². The predicted octanol–water partition coefficient (Wildman–Crippen LogP) is 5.42. The molecule has 1 unspecified atom stereocenters. The fourth-order valence-corrected chi connectivity index (χ4v) is 4.33. The molecule has 2 aromatic heterocycles. The summed E-state index contributed by atoms with van der Waals surface area (Å²) in [6.45, 7) is 6.89. The highest BCUT2D eigenvalue weighted by molar-refractivity contribution is 5.80. The Morgan fingerprint density at radius 1 is 0.943 bits per heavy atom. The number of aromatic nitrogens is 7. The monoisotopic (exact) mass is 473 g/mol. The number of aryl methyl sites for hydroxylation is 1. The molecule has 0 aliphatic heterocycles. The molecule has 35 heavy (non-hydrogen) atoms. The topological polar surface area (TPSA) is 94.3 Å². The second kappa shape index (κ2) is 11.7. The number of tetrazole rings is 1. The summed E-state index contributed by atoms with van der Waals surface area (Å²) in [5.74, 6) is 1.52. The van der Waals surface area contributed by atoms with E-state index in [4.69, 9.17) is 5.10 Å². The van der Waals surface area contributed by atoms with E-state index in [9.17, 15) is 4.79 Å². The normalized spacial score (nSPS) is 12.2. The van der Waals surface area contributed by atoms with Crippen LogP contribution in [0.1, 0.15) is 76.7 Å². The molecular weight excluding hydrogens is 438 g/mol. The average molecular weight is 474 g/mol. The lowest BCUT2D eigenvalue weighted by Crippen LogP contribution is -2.27. The highest BCUT2D eigenvalue weighted by Crippen LogP contribution is 2.29. The van der Waals surface area contributed by atoms with Crippen molar-refractivity contribution in [3.8, 4) is 22.5 Å². The quantitative estimate of drug-likeness (QED) is 0.277. The predicted molar refractivity (Wildman–Crippen MR) is 138 cm³/mol. The molecule has 0 radical (unpaired) electrons. The second-order valence-electron chi connectivity index (χ2n) is 9.14. The number of hydrogen-bond donors (Lipinski definition) is 1. The first-order chi connectivity index (χ1) is 17.1. The molecule has 4 aromatic rings. The number of nitrogens with zero attached hydrogens (tertiary/aromatic N) is 6. The van der Waals surface area contributed by atoms with Crippen LogP contribution >= 0.6 is 0 Å². The molecule has 8 nitrogen and oxygen atoms in total. The zero-order valence-corrected chi connectivity index (χ0v) is 20.9. The van der Waals surface area contributed by atoms with E-state index in [1.807, 2.05) is 22.8 Å². The van der Waals surface area contributed by atoms with Crippen LogP contribution in [0.25, 0.3) is 22.5 Å². The van der Waals surface area contributed by atoms with E-state index in [1.165, 1.54) is 25.7 Å². The lowest BCUT2D eigenvalue weighted by molar-refractivity contribution is 0.456. The molecule has 0 amide bonds. The Bertz CT molecular complexity index is 1260. The van der Waals surface area contributed by atoms with E-state index in [2.05, 4.69) is 71.7 Å². The highest BCUT2D eigenvalue weighted by atomic mass is 16.2. The number of rotatable bonds is 12. The zero-order chi connectivity index (χ0) is 24.6. The van der Waals surface area contributed by atoms with Crippen molar-refractivity contribution in [3.63, 3.8) is 0 Å². The molecule has 0 bridgehead atoms. The van der Waals surface area contributed by atoms with E-state index >= 15 is 0 Å². The summed E-state index contributed by atoms with van der Waals surface area (Å²) in [4.78, 5) is 13.2. The summed E-state index contributed by atoms with van der Waals surface area (Å²) in [5, 5.41) is 19.1. The van der Waals surface area contributed by atoms with Gasteiger partial charge in [0.15, 0.2) is 5.82 Å². The van der Waals surface area contributed by atoms with Crippen molar-refractivity contribution in [2.45, 2.75) is 78.3 Å². The minimum absolute atomic E-state index is 0.0184. The van der Waals surface area contributed by atoms with Crippen LogP contribution in [0.15, 0.2) is 53.3 Å². The minimum Gasteiger partial charge on any atom is -0.274 e. The van der Waals surface area contributed by atoms with E-state index in [-0.39, 0.29) is 11.7 Å². The lowest BCUT2D eigenvalue weighted by Gasteiger charge is -2.10. The third kappa shape index (κ3) is 5.75. The Balaban J connectivity index is 1.56. The summed E-state index contributed by atoms with van der Waals surface area (Å²) in [7, 11) is 0. The fraction of sp³-hybridized carbons (Fsp3) is 0.444. The Morgan fingerprint density at radius 2 is 1.69 bits per heavy atom. The van der Waals surface area contributed by atoms with E-state index in [0.717, 1.165) is 47.3 Å². The maximum absolute atomic E-state index is 13.2. The van der Waals surface area contributed by atoms with Gasteiger partial charge in [-0.2, -0.15) is 5.10 Å². The first-order valence-corrected chi connectivity index (χ1v) is 12.7. The van der Waals surface area contributed by atoms with Crippen molar-refractivity contribution in [3.05, 3.63) is 70.4 Å². The standard InChI is InChI=1S/C27H35N7O/c1-4-6-7-8-9-14-25-30-34(20(3)5-2)27(35)33(25)19-21-15-17-22(18-16-21)23-12-10-11-13-24(23)26-28-31-32-29-26/h10-13,15-18,20H,4-9,14,19H2,1-3H3,(H,28,29,31,32). The Morgan fingerprint density at radius 3 is 2.37 bits per heavy atom. The van der Waals surface area contributed by atoms with Gasteiger partial charge in [0, 0.05) is 12.0 Å². The molecule has 4 rings (SSSR count). The molecule has 0 fully saturated rings. The molecule has 0 spiro atoms. The molecular formula is C27H35N7O. The van der Waals surface area contributed by atoms with Crippen LogP contribution in [0.2, 0.25) is 0 Å². The molecule has 0 aliphatic rings. The average Bonchev–Trinajstić information content (AvgIpc) is 3.53.